The lowest BCUT2D eigenvalue weighted by Crippen LogP contribution is -2.71. The first-order valence-corrected chi connectivity index (χ1v) is 14.8. The van der Waals surface area contributed by atoms with Crippen molar-refractivity contribution in [3.63, 3.8) is 0 Å². The number of carbonyl (C=O) groups excluding carboxylic acids is 2. The van der Waals surface area contributed by atoms with E-state index in [0.29, 0.717) is 6.61 Å². The first-order valence-electron chi connectivity index (χ1n) is 14.8. The van der Waals surface area contributed by atoms with Gasteiger partial charge in [0.25, 0.3) is 0 Å². The molecule has 6 rings (SSSR count). The number of carbonyl (C=O) groups is 2. The predicted molar refractivity (Wildman–Crippen MR) is 148 cm³/mol. The Morgan fingerprint density at radius 1 is 0.907 bits per heavy atom. The highest BCUT2D eigenvalue weighted by molar-refractivity contribution is 5.67. The van der Waals surface area contributed by atoms with E-state index in [4.69, 9.17) is 37.9 Å². The number of aliphatic hydroxyl groups is 1. The zero-order chi connectivity index (χ0) is 30.7. The van der Waals surface area contributed by atoms with Gasteiger partial charge in [-0.25, -0.2) is 0 Å². The fourth-order valence-electron chi connectivity index (χ4n) is 6.90. The summed E-state index contributed by atoms with van der Waals surface area (Å²) in [5.41, 5.74) is 1.68. The third-order valence-electron chi connectivity index (χ3n) is 8.59. The number of nitrogens with one attached hydrogen (secondary N) is 1. The Morgan fingerprint density at radius 3 is 2.28 bits per heavy atom. The molecule has 4 fully saturated rings. The van der Waals surface area contributed by atoms with E-state index in [1.54, 1.807) is 0 Å². The van der Waals surface area contributed by atoms with Gasteiger partial charge in [-0.2, -0.15) is 0 Å². The van der Waals surface area contributed by atoms with Crippen molar-refractivity contribution < 1.29 is 52.6 Å². The molecule has 3 aliphatic heterocycles. The second-order valence-electron chi connectivity index (χ2n) is 12.7. The Morgan fingerprint density at radius 2 is 1.58 bits per heavy atom. The van der Waals surface area contributed by atoms with Gasteiger partial charge in [-0.05, 0) is 33.3 Å². The van der Waals surface area contributed by atoms with Gasteiger partial charge in [-0.3, -0.25) is 9.59 Å². The first-order chi connectivity index (χ1) is 20.3. The number of hydrogen-bond donors (Lipinski definition) is 2. The molecule has 1 saturated carbocycles. The van der Waals surface area contributed by atoms with E-state index in [1.165, 1.54) is 13.8 Å². The van der Waals surface area contributed by atoms with Crippen molar-refractivity contribution in [2.75, 3.05) is 13.2 Å². The predicted octanol–water partition coefficient (Wildman–Crippen LogP) is 1.89. The van der Waals surface area contributed by atoms with Crippen LogP contribution in [-0.2, 0) is 47.5 Å². The minimum absolute atomic E-state index is 0.173. The third-order valence-corrected chi connectivity index (χ3v) is 8.59. The van der Waals surface area contributed by atoms with Gasteiger partial charge in [-0.1, -0.05) is 36.4 Å². The van der Waals surface area contributed by atoms with Gasteiger partial charge in [0.05, 0.1) is 19.3 Å². The maximum Gasteiger partial charge on any atom is 0.303 e. The van der Waals surface area contributed by atoms with Crippen LogP contribution in [0.1, 0.15) is 53.4 Å². The lowest BCUT2D eigenvalue weighted by atomic mass is 9.75. The molecule has 0 bridgehead atoms. The summed E-state index contributed by atoms with van der Waals surface area (Å²) in [6.07, 6.45) is -4.33. The molecule has 11 atom stereocenters. The molecule has 43 heavy (non-hydrogen) atoms. The average molecular weight is 604 g/mol. The molecule has 0 spiro atoms. The van der Waals surface area contributed by atoms with Gasteiger partial charge in [0.2, 0.25) is 0 Å². The summed E-state index contributed by atoms with van der Waals surface area (Å²) >= 11 is 0. The molecule has 5 aliphatic rings. The molecule has 3 heterocycles. The van der Waals surface area contributed by atoms with Crippen LogP contribution < -0.4 is 5.32 Å². The normalized spacial score (nSPS) is 41.2. The number of aliphatic hydroxyl groups excluding tert-OH is 1. The SMILES string of the molecule is CC(=O)O[C@H]1[C@@H]2OC(c3ccccc3)OC[C@H]2[C@H](N[C@H]2C=C3COC(C)(C)O[C@H]3[C@@H]3OC(C)(C)O[C@H]32)[C@@H](O)[C@@H]1OC(C)=O. The van der Waals surface area contributed by atoms with E-state index in [2.05, 4.69) is 5.32 Å². The lowest BCUT2D eigenvalue weighted by Gasteiger charge is -2.52. The van der Waals surface area contributed by atoms with Crippen molar-refractivity contribution >= 4 is 11.9 Å². The molecule has 12 heteroatoms. The van der Waals surface area contributed by atoms with Gasteiger partial charge in [0, 0.05) is 31.4 Å². The average Bonchev–Trinajstić information content (AvgIpc) is 3.28. The Bertz CT molecular complexity index is 1240. The maximum absolute atomic E-state index is 12.2. The van der Waals surface area contributed by atoms with E-state index < -0.39 is 84.4 Å². The van der Waals surface area contributed by atoms with Crippen molar-refractivity contribution in [2.24, 2.45) is 5.92 Å². The van der Waals surface area contributed by atoms with Crippen molar-refractivity contribution in [1.29, 1.82) is 0 Å². The zero-order valence-electron chi connectivity index (χ0n) is 25.3. The van der Waals surface area contributed by atoms with Gasteiger partial charge in [-0.15, -0.1) is 0 Å². The van der Waals surface area contributed by atoms with E-state index >= 15 is 0 Å². The van der Waals surface area contributed by atoms with Crippen LogP contribution in [-0.4, -0.2) is 96.6 Å². The molecule has 0 amide bonds. The van der Waals surface area contributed by atoms with Gasteiger partial charge in [0.1, 0.15) is 30.5 Å². The van der Waals surface area contributed by atoms with Crippen LogP contribution in [0.5, 0.6) is 0 Å². The highest BCUT2D eigenvalue weighted by atomic mass is 16.8. The molecule has 0 aromatic heterocycles. The van der Waals surface area contributed by atoms with Gasteiger partial charge in [0.15, 0.2) is 30.1 Å². The van der Waals surface area contributed by atoms with Crippen LogP contribution in [0.25, 0.3) is 0 Å². The van der Waals surface area contributed by atoms with Crippen LogP contribution in [0.15, 0.2) is 42.0 Å². The van der Waals surface area contributed by atoms with Crippen LogP contribution in [0.4, 0.5) is 0 Å². The molecular weight excluding hydrogens is 562 g/mol. The van der Waals surface area contributed by atoms with E-state index in [-0.39, 0.29) is 12.7 Å². The first kappa shape index (κ1) is 30.6. The van der Waals surface area contributed by atoms with Crippen LogP contribution in [0.3, 0.4) is 0 Å². The van der Waals surface area contributed by atoms with E-state index in [9.17, 15) is 14.7 Å². The molecule has 12 nitrogen and oxygen atoms in total. The molecule has 2 N–H and O–H groups in total. The fraction of sp³-hybridized carbons (Fsp3) is 0.677. The summed E-state index contributed by atoms with van der Waals surface area (Å²) in [6.45, 7) is 10.5. The third kappa shape index (κ3) is 6.12. The summed E-state index contributed by atoms with van der Waals surface area (Å²) in [7, 11) is 0. The maximum atomic E-state index is 12.2. The second-order valence-corrected chi connectivity index (χ2v) is 12.7. The highest BCUT2D eigenvalue weighted by Gasteiger charge is 2.59. The van der Waals surface area contributed by atoms with Crippen molar-refractivity contribution in [1.82, 2.24) is 5.32 Å². The summed E-state index contributed by atoms with van der Waals surface area (Å²) in [6, 6.07) is 8.23. The number of fused-ring (bicyclic) bond motifs is 4. The number of esters is 2. The van der Waals surface area contributed by atoms with Crippen molar-refractivity contribution in [3.8, 4) is 0 Å². The summed E-state index contributed by atoms with van der Waals surface area (Å²) in [5, 5.41) is 15.3. The minimum Gasteiger partial charge on any atom is -0.456 e. The smallest absolute Gasteiger partial charge is 0.303 e. The fourth-order valence-corrected chi connectivity index (χ4v) is 6.90. The second kappa shape index (κ2) is 11.5. The van der Waals surface area contributed by atoms with Crippen LogP contribution in [0.2, 0.25) is 0 Å². The largest absolute Gasteiger partial charge is 0.456 e. The number of benzene rings is 1. The molecule has 1 unspecified atom stereocenters. The monoisotopic (exact) mass is 603 g/mol. The van der Waals surface area contributed by atoms with Gasteiger partial charge >= 0.3 is 11.9 Å². The summed E-state index contributed by atoms with van der Waals surface area (Å²) in [4.78, 5) is 24.5. The Kier molecular flexibility index (Phi) is 8.18. The molecule has 1 aromatic carbocycles. The quantitative estimate of drug-likeness (QED) is 0.375. The van der Waals surface area contributed by atoms with E-state index in [0.717, 1.165) is 11.1 Å². The minimum atomic E-state index is -1.28. The number of ether oxygens (including phenoxy) is 8. The zero-order valence-corrected chi connectivity index (χ0v) is 25.3. The summed E-state index contributed by atoms with van der Waals surface area (Å²) in [5.74, 6) is -3.37. The molecule has 0 radical (unpaired) electrons. The van der Waals surface area contributed by atoms with Crippen molar-refractivity contribution in [2.45, 2.75) is 114 Å². The number of rotatable bonds is 5. The Hall–Kier alpha value is -2.42. The summed E-state index contributed by atoms with van der Waals surface area (Å²) < 4.78 is 48.9. The standard InChI is InChI=1S/C31H41NO11/c1-15(33)38-26-22(35)21(19-14-36-29(17-10-8-7-9-11-17)40-24(19)27(26)39-16(2)34)32-20-12-18-13-37-30(3,4)41-23(18)28-25(20)42-31(5,6)43-28/h7-12,19-29,32,35H,13-14H2,1-6H3/t19-,20-,21-,22+,23+,24+,25-,26-,27-,28-,29?/m0/s1. The molecule has 2 aliphatic carbocycles. The van der Waals surface area contributed by atoms with Crippen molar-refractivity contribution in [3.05, 3.63) is 47.5 Å². The topological polar surface area (TPSA) is 140 Å². The van der Waals surface area contributed by atoms with Crippen LogP contribution >= 0.6 is 0 Å². The Labute approximate surface area is 250 Å². The molecule has 236 valence electrons. The number of hydrogen-bond acceptors (Lipinski definition) is 12. The molecular formula is C31H41NO11. The van der Waals surface area contributed by atoms with Crippen LogP contribution in [0, 0.1) is 5.92 Å². The van der Waals surface area contributed by atoms with Gasteiger partial charge < -0.3 is 48.3 Å². The lowest BCUT2D eigenvalue weighted by molar-refractivity contribution is -0.302. The highest BCUT2D eigenvalue weighted by Crippen LogP contribution is 2.44. The molecule has 1 aromatic rings. The van der Waals surface area contributed by atoms with E-state index in [1.807, 2.05) is 64.1 Å². The Balaban J connectivity index is 1.34. The molecule has 3 saturated heterocycles.